The molecule has 1 fully saturated rings. The number of carboxylic acids is 1. The highest BCUT2D eigenvalue weighted by Gasteiger charge is 2.28. The summed E-state index contributed by atoms with van der Waals surface area (Å²) in [4.78, 5) is 33.3. The molecule has 146 valence electrons. The number of anilines is 1. The van der Waals surface area contributed by atoms with E-state index in [4.69, 9.17) is 4.84 Å². The predicted molar refractivity (Wildman–Crippen MR) is 99.3 cm³/mol. The number of aliphatic carboxylic acids is 1. The second kappa shape index (κ2) is 7.91. The number of amides is 1. The molecule has 3 rings (SSSR count). The van der Waals surface area contributed by atoms with Gasteiger partial charge in [-0.1, -0.05) is 0 Å². The van der Waals surface area contributed by atoms with Gasteiger partial charge in [-0.15, -0.1) is 0 Å². The molecule has 2 aromatic heterocycles. The standard InChI is InChI=1S/C18H25N5O4/c1-4-23-16-13(10-20-23)15(14(9-19-16)17(24)22(2)27-3)21-12-7-5-11(6-8-12)18(25)26/h9-12H,4-8H2,1-3H3,(H,19,21)(H,25,26). The third-order valence-electron chi connectivity index (χ3n) is 5.18. The number of rotatable bonds is 6. The number of hydrogen-bond donors (Lipinski definition) is 2. The Morgan fingerprint density at radius 2 is 2.04 bits per heavy atom. The van der Waals surface area contributed by atoms with Crippen molar-refractivity contribution in [2.45, 2.75) is 45.2 Å². The summed E-state index contributed by atoms with van der Waals surface area (Å²) >= 11 is 0. The van der Waals surface area contributed by atoms with E-state index in [1.165, 1.54) is 7.11 Å². The number of fused-ring (bicyclic) bond motifs is 1. The van der Waals surface area contributed by atoms with Gasteiger partial charge in [-0.25, -0.2) is 14.7 Å². The lowest BCUT2D eigenvalue weighted by molar-refractivity contribution is -0.142. The molecule has 0 aliphatic heterocycles. The van der Waals surface area contributed by atoms with Gasteiger partial charge in [0.05, 0.1) is 35.9 Å². The Bertz CT molecular complexity index is 842. The fourth-order valence-corrected chi connectivity index (χ4v) is 3.52. The van der Waals surface area contributed by atoms with Gasteiger partial charge in [0.25, 0.3) is 5.91 Å². The smallest absolute Gasteiger partial charge is 0.306 e. The van der Waals surface area contributed by atoms with E-state index in [1.807, 2.05) is 6.92 Å². The van der Waals surface area contributed by atoms with Crippen molar-refractivity contribution in [3.8, 4) is 0 Å². The van der Waals surface area contributed by atoms with Crippen LogP contribution in [0.4, 0.5) is 5.69 Å². The second-order valence-corrected chi connectivity index (χ2v) is 6.76. The third kappa shape index (κ3) is 3.73. The zero-order valence-corrected chi connectivity index (χ0v) is 15.8. The summed E-state index contributed by atoms with van der Waals surface area (Å²) < 4.78 is 1.77. The first kappa shape index (κ1) is 19.1. The van der Waals surface area contributed by atoms with Gasteiger partial charge >= 0.3 is 5.97 Å². The number of hydrogen-bond acceptors (Lipinski definition) is 6. The van der Waals surface area contributed by atoms with Crippen molar-refractivity contribution in [2.24, 2.45) is 5.92 Å². The van der Waals surface area contributed by atoms with Crippen molar-refractivity contribution >= 4 is 28.6 Å². The van der Waals surface area contributed by atoms with Gasteiger partial charge in [-0.2, -0.15) is 5.10 Å². The molecule has 0 spiro atoms. The lowest BCUT2D eigenvalue weighted by Crippen LogP contribution is -2.31. The van der Waals surface area contributed by atoms with Crippen LogP contribution in [0.25, 0.3) is 11.0 Å². The SMILES string of the molecule is CCn1ncc2c(NC3CCC(C(=O)O)CC3)c(C(=O)N(C)OC)cnc21. The topological polar surface area (TPSA) is 110 Å². The highest BCUT2D eigenvalue weighted by atomic mass is 16.7. The van der Waals surface area contributed by atoms with Crippen molar-refractivity contribution < 1.29 is 19.5 Å². The summed E-state index contributed by atoms with van der Waals surface area (Å²) in [6.45, 7) is 2.65. The molecule has 2 heterocycles. The number of nitrogens with zero attached hydrogens (tertiary/aromatic N) is 4. The van der Waals surface area contributed by atoms with Gasteiger partial charge in [0.15, 0.2) is 5.65 Å². The van der Waals surface area contributed by atoms with Gasteiger partial charge in [0.2, 0.25) is 0 Å². The van der Waals surface area contributed by atoms with Crippen LogP contribution in [0.3, 0.4) is 0 Å². The molecule has 9 heteroatoms. The molecule has 2 aromatic rings. The molecule has 0 radical (unpaired) electrons. The van der Waals surface area contributed by atoms with E-state index in [1.54, 1.807) is 24.1 Å². The molecule has 1 amide bonds. The molecule has 9 nitrogen and oxygen atoms in total. The summed E-state index contributed by atoms with van der Waals surface area (Å²) in [5, 5.41) is 18.9. The minimum absolute atomic E-state index is 0.0931. The predicted octanol–water partition coefficient (Wildman–Crippen LogP) is 2.14. The second-order valence-electron chi connectivity index (χ2n) is 6.76. The van der Waals surface area contributed by atoms with E-state index >= 15 is 0 Å². The van der Waals surface area contributed by atoms with Gasteiger partial charge < -0.3 is 10.4 Å². The van der Waals surface area contributed by atoms with Crippen LogP contribution in [0.15, 0.2) is 12.4 Å². The first-order valence-electron chi connectivity index (χ1n) is 9.12. The minimum Gasteiger partial charge on any atom is -0.481 e. The Morgan fingerprint density at radius 3 is 2.63 bits per heavy atom. The Labute approximate surface area is 157 Å². The van der Waals surface area contributed by atoms with Gasteiger partial charge in [-0.3, -0.25) is 14.4 Å². The molecular formula is C18H25N5O4. The van der Waals surface area contributed by atoms with E-state index in [0.717, 1.165) is 23.3 Å². The number of pyridine rings is 1. The van der Waals surface area contributed by atoms with Crippen LogP contribution in [-0.4, -0.2) is 57.0 Å². The molecule has 0 saturated heterocycles. The number of nitrogens with one attached hydrogen (secondary N) is 1. The summed E-state index contributed by atoms with van der Waals surface area (Å²) in [6.07, 6.45) is 5.96. The normalized spacial score (nSPS) is 19.8. The summed E-state index contributed by atoms with van der Waals surface area (Å²) in [5.74, 6) is -1.33. The monoisotopic (exact) mass is 375 g/mol. The average molecular weight is 375 g/mol. The first-order chi connectivity index (χ1) is 13.0. The average Bonchev–Trinajstić information content (AvgIpc) is 3.11. The van der Waals surface area contributed by atoms with Crippen molar-refractivity contribution in [2.75, 3.05) is 19.5 Å². The molecule has 0 aromatic carbocycles. The lowest BCUT2D eigenvalue weighted by atomic mass is 9.86. The molecule has 0 bridgehead atoms. The maximum Gasteiger partial charge on any atom is 0.306 e. The molecule has 2 N–H and O–H groups in total. The van der Waals surface area contributed by atoms with Crippen LogP contribution in [0, 0.1) is 5.92 Å². The maximum atomic E-state index is 12.7. The van der Waals surface area contributed by atoms with Crippen molar-refractivity contribution in [3.63, 3.8) is 0 Å². The Morgan fingerprint density at radius 1 is 1.33 bits per heavy atom. The number of hydroxylamine groups is 2. The first-order valence-corrected chi connectivity index (χ1v) is 9.12. The quantitative estimate of drug-likeness (QED) is 0.744. The summed E-state index contributed by atoms with van der Waals surface area (Å²) in [7, 11) is 2.98. The van der Waals surface area contributed by atoms with E-state index in [2.05, 4.69) is 15.4 Å². The van der Waals surface area contributed by atoms with Crippen molar-refractivity contribution in [3.05, 3.63) is 18.0 Å². The van der Waals surface area contributed by atoms with Crippen LogP contribution in [-0.2, 0) is 16.2 Å². The molecule has 0 unspecified atom stereocenters. The van der Waals surface area contributed by atoms with Crippen LogP contribution in [0.1, 0.15) is 43.0 Å². The summed E-state index contributed by atoms with van der Waals surface area (Å²) in [6, 6.07) is 0.0931. The maximum absolute atomic E-state index is 12.7. The highest BCUT2D eigenvalue weighted by Crippen LogP contribution is 2.32. The van der Waals surface area contributed by atoms with Crippen molar-refractivity contribution in [1.29, 1.82) is 0 Å². The number of carbonyl (C=O) groups is 2. The van der Waals surface area contributed by atoms with E-state index in [9.17, 15) is 14.7 Å². The molecule has 1 aliphatic rings. The Kier molecular flexibility index (Phi) is 5.59. The van der Waals surface area contributed by atoms with Gasteiger partial charge in [0.1, 0.15) is 0 Å². The van der Waals surface area contributed by atoms with E-state index in [0.29, 0.717) is 36.3 Å². The largest absolute Gasteiger partial charge is 0.481 e. The highest BCUT2D eigenvalue weighted by molar-refractivity contribution is 6.06. The number of carboxylic acid groups (broad SMARTS) is 1. The van der Waals surface area contributed by atoms with Gasteiger partial charge in [-0.05, 0) is 32.6 Å². The Balaban J connectivity index is 1.94. The Hall–Kier alpha value is -2.68. The lowest BCUT2D eigenvalue weighted by Gasteiger charge is -2.28. The molecule has 0 atom stereocenters. The summed E-state index contributed by atoms with van der Waals surface area (Å²) in [5.41, 5.74) is 1.78. The van der Waals surface area contributed by atoms with E-state index in [-0.39, 0.29) is 17.9 Å². The molecular weight excluding hydrogens is 350 g/mol. The third-order valence-corrected chi connectivity index (χ3v) is 5.18. The van der Waals surface area contributed by atoms with Crippen molar-refractivity contribution in [1.82, 2.24) is 19.8 Å². The van der Waals surface area contributed by atoms with Crippen LogP contribution >= 0.6 is 0 Å². The fourth-order valence-electron chi connectivity index (χ4n) is 3.52. The zero-order valence-electron chi connectivity index (χ0n) is 15.8. The number of aromatic nitrogens is 3. The number of aryl methyl sites for hydroxylation is 1. The van der Waals surface area contributed by atoms with Gasteiger partial charge in [0, 0.05) is 25.8 Å². The minimum atomic E-state index is -0.735. The van der Waals surface area contributed by atoms with E-state index < -0.39 is 5.97 Å². The van der Waals surface area contributed by atoms with Crippen LogP contribution in [0.2, 0.25) is 0 Å². The van der Waals surface area contributed by atoms with Crippen LogP contribution < -0.4 is 5.32 Å². The number of carbonyl (C=O) groups excluding carboxylic acids is 1. The van der Waals surface area contributed by atoms with Crippen LogP contribution in [0.5, 0.6) is 0 Å². The zero-order chi connectivity index (χ0) is 19.6. The molecule has 1 saturated carbocycles. The molecule has 27 heavy (non-hydrogen) atoms. The fraction of sp³-hybridized carbons (Fsp3) is 0.556. The molecule has 1 aliphatic carbocycles.